The molecule has 2 rings (SSSR count). The molecule has 0 unspecified atom stereocenters. The fourth-order valence-corrected chi connectivity index (χ4v) is 2.80. The summed E-state index contributed by atoms with van der Waals surface area (Å²) in [6.07, 6.45) is -4.59. The van der Waals surface area contributed by atoms with Gasteiger partial charge < -0.3 is 5.11 Å². The molecule has 9 heteroatoms. The van der Waals surface area contributed by atoms with E-state index in [0.717, 1.165) is 36.4 Å². The van der Waals surface area contributed by atoms with E-state index >= 15 is 0 Å². The molecule has 0 bridgehead atoms. The molecule has 0 aliphatic rings. The van der Waals surface area contributed by atoms with E-state index in [1.165, 1.54) is 6.07 Å². The minimum absolute atomic E-state index is 0.108. The molecule has 0 spiro atoms. The van der Waals surface area contributed by atoms with Gasteiger partial charge in [-0.3, -0.25) is 4.72 Å². The summed E-state index contributed by atoms with van der Waals surface area (Å²) in [5, 5.41) is 8.75. The predicted molar refractivity (Wildman–Crippen MR) is 75.7 cm³/mol. The quantitative estimate of drug-likeness (QED) is 0.891. The Morgan fingerprint density at radius 1 is 1.04 bits per heavy atom. The summed E-state index contributed by atoms with van der Waals surface area (Å²) in [6.45, 7) is 0. The molecule has 122 valence electrons. The molecular weight excluding hydrogens is 335 g/mol. The van der Waals surface area contributed by atoms with Crippen molar-refractivity contribution in [2.45, 2.75) is 11.1 Å². The van der Waals surface area contributed by atoms with Crippen molar-refractivity contribution in [2.75, 3.05) is 4.72 Å². The largest absolute Gasteiger partial charge is 0.478 e. The van der Waals surface area contributed by atoms with Crippen LogP contribution in [0.15, 0.2) is 53.4 Å². The zero-order chi connectivity index (χ0) is 17.3. The summed E-state index contributed by atoms with van der Waals surface area (Å²) in [6, 6.07) is 8.03. The second-order valence-electron chi connectivity index (χ2n) is 4.51. The zero-order valence-electron chi connectivity index (χ0n) is 11.3. The standard InChI is InChI=1S/C14H10F3NO4S/c15-14(16,17)10-2-1-3-11(8-10)18-23(21,22)12-6-4-9(5-7-12)13(19)20/h1-8,18H,(H,19,20). The second kappa shape index (κ2) is 5.92. The number of benzene rings is 2. The van der Waals surface area contributed by atoms with E-state index < -0.39 is 27.7 Å². The lowest BCUT2D eigenvalue weighted by atomic mass is 10.2. The van der Waals surface area contributed by atoms with Gasteiger partial charge in [0.05, 0.1) is 16.0 Å². The Balaban J connectivity index is 2.29. The molecule has 0 amide bonds. The lowest BCUT2D eigenvalue weighted by Gasteiger charge is -2.11. The van der Waals surface area contributed by atoms with Crippen molar-refractivity contribution >= 4 is 21.7 Å². The lowest BCUT2D eigenvalue weighted by molar-refractivity contribution is -0.137. The van der Waals surface area contributed by atoms with Gasteiger partial charge in [-0.25, -0.2) is 13.2 Å². The molecule has 0 aromatic heterocycles. The molecule has 2 N–H and O–H groups in total. The highest BCUT2D eigenvalue weighted by Gasteiger charge is 2.30. The van der Waals surface area contributed by atoms with Crippen LogP contribution in [0.25, 0.3) is 0 Å². The topological polar surface area (TPSA) is 83.5 Å². The van der Waals surface area contributed by atoms with Crippen LogP contribution in [0.2, 0.25) is 0 Å². The van der Waals surface area contributed by atoms with E-state index in [1.54, 1.807) is 0 Å². The number of sulfonamides is 1. The van der Waals surface area contributed by atoms with Crippen molar-refractivity contribution in [3.05, 3.63) is 59.7 Å². The number of hydrogen-bond acceptors (Lipinski definition) is 3. The number of anilines is 1. The molecule has 5 nitrogen and oxygen atoms in total. The molecule has 23 heavy (non-hydrogen) atoms. The molecule has 0 saturated carbocycles. The molecule has 0 radical (unpaired) electrons. The highest BCUT2D eigenvalue weighted by atomic mass is 32.2. The van der Waals surface area contributed by atoms with Gasteiger partial charge in [0.15, 0.2) is 0 Å². The SMILES string of the molecule is O=C(O)c1ccc(S(=O)(=O)Nc2cccc(C(F)(F)F)c2)cc1. The van der Waals surface area contributed by atoms with Gasteiger partial charge in [-0.1, -0.05) is 6.07 Å². The number of hydrogen-bond donors (Lipinski definition) is 2. The summed E-state index contributed by atoms with van der Waals surface area (Å²) < 4.78 is 64.1. The van der Waals surface area contributed by atoms with E-state index in [9.17, 15) is 26.4 Å². The number of halogens is 3. The van der Waals surface area contributed by atoms with Crippen LogP contribution in [0.4, 0.5) is 18.9 Å². The average molecular weight is 345 g/mol. The van der Waals surface area contributed by atoms with Crippen LogP contribution in [0, 0.1) is 0 Å². The summed E-state index contributed by atoms with van der Waals surface area (Å²) in [5.74, 6) is -1.22. The Morgan fingerprint density at radius 3 is 2.17 bits per heavy atom. The Hall–Kier alpha value is -2.55. The monoisotopic (exact) mass is 345 g/mol. The molecule has 2 aromatic carbocycles. The third-order valence-electron chi connectivity index (χ3n) is 2.85. The van der Waals surface area contributed by atoms with Crippen LogP contribution in [-0.2, 0) is 16.2 Å². The first-order chi connectivity index (χ1) is 10.6. The second-order valence-corrected chi connectivity index (χ2v) is 6.20. The number of aromatic carboxylic acids is 1. The normalized spacial score (nSPS) is 12.0. The summed E-state index contributed by atoms with van der Waals surface area (Å²) in [5.41, 5.74) is -1.34. The third-order valence-corrected chi connectivity index (χ3v) is 4.25. The first-order valence-electron chi connectivity index (χ1n) is 6.13. The summed E-state index contributed by atoms with van der Waals surface area (Å²) in [4.78, 5) is 10.4. The van der Waals surface area contributed by atoms with Gasteiger partial charge in [0.2, 0.25) is 0 Å². The summed E-state index contributed by atoms with van der Waals surface area (Å²) >= 11 is 0. The van der Waals surface area contributed by atoms with Crippen molar-refractivity contribution in [3.63, 3.8) is 0 Å². The zero-order valence-corrected chi connectivity index (χ0v) is 12.1. The van der Waals surface area contributed by atoms with Gasteiger partial charge in [0.1, 0.15) is 0 Å². The van der Waals surface area contributed by atoms with Gasteiger partial charge in [0.25, 0.3) is 10.0 Å². The number of rotatable bonds is 4. The van der Waals surface area contributed by atoms with Crippen molar-refractivity contribution in [1.29, 1.82) is 0 Å². The van der Waals surface area contributed by atoms with Gasteiger partial charge in [0, 0.05) is 5.69 Å². The van der Waals surface area contributed by atoms with E-state index in [-0.39, 0.29) is 16.1 Å². The van der Waals surface area contributed by atoms with Gasteiger partial charge in [-0.15, -0.1) is 0 Å². The fraction of sp³-hybridized carbons (Fsp3) is 0.0714. The number of nitrogens with one attached hydrogen (secondary N) is 1. The van der Waals surface area contributed by atoms with E-state index in [0.29, 0.717) is 6.07 Å². The van der Waals surface area contributed by atoms with E-state index in [1.807, 2.05) is 4.72 Å². The summed E-state index contributed by atoms with van der Waals surface area (Å²) in [7, 11) is -4.13. The maximum atomic E-state index is 12.6. The Labute approximate surface area is 129 Å². The minimum atomic E-state index is -4.59. The number of carboxylic acids is 1. The van der Waals surface area contributed by atoms with Gasteiger partial charge in [-0.05, 0) is 42.5 Å². The molecule has 0 atom stereocenters. The van der Waals surface area contributed by atoms with Crippen molar-refractivity contribution in [2.24, 2.45) is 0 Å². The molecular formula is C14H10F3NO4S. The molecule has 0 fully saturated rings. The van der Waals surface area contributed by atoms with Crippen molar-refractivity contribution < 1.29 is 31.5 Å². The molecule has 0 heterocycles. The van der Waals surface area contributed by atoms with Crippen LogP contribution >= 0.6 is 0 Å². The first-order valence-corrected chi connectivity index (χ1v) is 7.61. The maximum absolute atomic E-state index is 12.6. The molecule has 2 aromatic rings. The average Bonchev–Trinajstić information content (AvgIpc) is 2.46. The van der Waals surface area contributed by atoms with Gasteiger partial charge in [-0.2, -0.15) is 13.2 Å². The van der Waals surface area contributed by atoms with Crippen LogP contribution < -0.4 is 4.72 Å². The Morgan fingerprint density at radius 2 is 1.65 bits per heavy atom. The van der Waals surface area contributed by atoms with Crippen LogP contribution in [0.1, 0.15) is 15.9 Å². The number of carboxylic acid groups (broad SMARTS) is 1. The predicted octanol–water partition coefficient (Wildman–Crippen LogP) is 3.20. The Kier molecular flexibility index (Phi) is 4.33. The van der Waals surface area contributed by atoms with E-state index in [4.69, 9.17) is 5.11 Å². The first kappa shape index (κ1) is 16.8. The van der Waals surface area contributed by atoms with Gasteiger partial charge >= 0.3 is 12.1 Å². The lowest BCUT2D eigenvalue weighted by Crippen LogP contribution is -2.14. The number of carbonyl (C=O) groups is 1. The van der Waals surface area contributed by atoms with Crippen LogP contribution in [-0.4, -0.2) is 19.5 Å². The molecule has 0 aliphatic heterocycles. The molecule has 0 saturated heterocycles. The third kappa shape index (κ3) is 4.01. The highest BCUT2D eigenvalue weighted by Crippen LogP contribution is 2.31. The Bertz CT molecular complexity index is 830. The van der Waals surface area contributed by atoms with E-state index in [2.05, 4.69) is 0 Å². The maximum Gasteiger partial charge on any atom is 0.416 e. The number of alkyl halides is 3. The minimum Gasteiger partial charge on any atom is -0.478 e. The van der Waals surface area contributed by atoms with Crippen LogP contribution in [0.3, 0.4) is 0 Å². The fourth-order valence-electron chi connectivity index (χ4n) is 1.75. The highest BCUT2D eigenvalue weighted by molar-refractivity contribution is 7.92. The van der Waals surface area contributed by atoms with Crippen molar-refractivity contribution in [1.82, 2.24) is 0 Å². The smallest absolute Gasteiger partial charge is 0.416 e. The van der Waals surface area contributed by atoms with Crippen LogP contribution in [0.5, 0.6) is 0 Å². The molecule has 0 aliphatic carbocycles. The van der Waals surface area contributed by atoms with Crippen molar-refractivity contribution in [3.8, 4) is 0 Å².